The van der Waals surface area contributed by atoms with E-state index in [0.29, 0.717) is 5.56 Å². The van der Waals surface area contributed by atoms with Gasteiger partial charge in [0.1, 0.15) is 6.04 Å². The summed E-state index contributed by atoms with van der Waals surface area (Å²) in [5.74, 6) is -2.42. The summed E-state index contributed by atoms with van der Waals surface area (Å²) in [6.07, 6.45) is 0. The van der Waals surface area contributed by atoms with E-state index in [9.17, 15) is 19.2 Å². The molecule has 0 fully saturated rings. The predicted octanol–water partition coefficient (Wildman–Crippen LogP) is 2.08. The van der Waals surface area contributed by atoms with E-state index in [-0.39, 0.29) is 11.3 Å². The fourth-order valence-corrected chi connectivity index (χ4v) is 2.45. The summed E-state index contributed by atoms with van der Waals surface area (Å²) in [6.45, 7) is 2.74. The van der Waals surface area contributed by atoms with Crippen molar-refractivity contribution in [2.75, 3.05) is 19.0 Å². The van der Waals surface area contributed by atoms with E-state index in [1.54, 1.807) is 30.3 Å². The van der Waals surface area contributed by atoms with Crippen LogP contribution in [0.25, 0.3) is 0 Å². The maximum atomic E-state index is 12.2. The third-order valence-corrected chi connectivity index (χ3v) is 3.93. The molecule has 0 aliphatic rings. The Morgan fingerprint density at radius 2 is 1.76 bits per heavy atom. The number of esters is 2. The second kappa shape index (κ2) is 10.0. The van der Waals surface area contributed by atoms with Crippen molar-refractivity contribution in [3.8, 4) is 0 Å². The van der Waals surface area contributed by atoms with Gasteiger partial charge >= 0.3 is 11.9 Å². The molecule has 1 atom stereocenters. The van der Waals surface area contributed by atoms with Gasteiger partial charge in [-0.2, -0.15) is 0 Å². The minimum atomic E-state index is -0.946. The van der Waals surface area contributed by atoms with Gasteiger partial charge in [-0.1, -0.05) is 29.8 Å². The van der Waals surface area contributed by atoms with Crippen molar-refractivity contribution in [3.05, 3.63) is 65.2 Å². The van der Waals surface area contributed by atoms with Gasteiger partial charge in [-0.05, 0) is 38.1 Å². The Morgan fingerprint density at radius 1 is 1.03 bits per heavy atom. The third-order valence-electron chi connectivity index (χ3n) is 3.93. The Labute approximate surface area is 168 Å². The summed E-state index contributed by atoms with van der Waals surface area (Å²) < 4.78 is 9.60. The van der Waals surface area contributed by atoms with Crippen molar-refractivity contribution < 1.29 is 28.7 Å². The molecule has 0 unspecified atom stereocenters. The van der Waals surface area contributed by atoms with Crippen LogP contribution < -0.4 is 10.6 Å². The van der Waals surface area contributed by atoms with Crippen LogP contribution in [-0.2, 0) is 19.1 Å². The number of methoxy groups -OCH3 is 1. The standard InChI is InChI=1S/C21H22N2O6/c1-13-7-6-8-15(11-13)19(25)22-14(2)20(26)29-12-18(24)23-17-10-5-4-9-16(17)21(27)28-3/h4-11,14H,12H2,1-3H3,(H,22,25)(H,23,24)/t14-/m0/s1. The lowest BCUT2D eigenvalue weighted by molar-refractivity contribution is -0.148. The molecule has 8 heteroatoms. The first-order valence-corrected chi connectivity index (χ1v) is 8.83. The Kier molecular flexibility index (Phi) is 7.47. The highest BCUT2D eigenvalue weighted by Crippen LogP contribution is 2.15. The van der Waals surface area contributed by atoms with Crippen molar-refractivity contribution >= 4 is 29.4 Å². The molecule has 0 saturated heterocycles. The number of hydrogen-bond donors (Lipinski definition) is 2. The topological polar surface area (TPSA) is 111 Å². The van der Waals surface area contributed by atoms with E-state index in [0.717, 1.165) is 5.56 Å². The van der Waals surface area contributed by atoms with Crippen LogP contribution >= 0.6 is 0 Å². The van der Waals surface area contributed by atoms with Gasteiger partial charge in [-0.25, -0.2) is 9.59 Å². The number of ether oxygens (including phenoxy) is 2. The van der Waals surface area contributed by atoms with Crippen LogP contribution in [0.1, 0.15) is 33.2 Å². The van der Waals surface area contributed by atoms with Gasteiger partial charge in [0.25, 0.3) is 11.8 Å². The monoisotopic (exact) mass is 398 g/mol. The van der Waals surface area contributed by atoms with Crippen LogP contribution in [0.4, 0.5) is 5.69 Å². The summed E-state index contributed by atoms with van der Waals surface area (Å²) >= 11 is 0. The lowest BCUT2D eigenvalue weighted by Gasteiger charge is -2.14. The summed E-state index contributed by atoms with van der Waals surface area (Å²) in [4.78, 5) is 48.0. The molecule has 0 heterocycles. The van der Waals surface area contributed by atoms with Crippen molar-refractivity contribution in [1.82, 2.24) is 5.32 Å². The zero-order valence-electron chi connectivity index (χ0n) is 16.4. The molecule has 152 valence electrons. The molecule has 0 spiro atoms. The second-order valence-electron chi connectivity index (χ2n) is 6.26. The molecule has 2 aromatic carbocycles. The number of benzene rings is 2. The van der Waals surface area contributed by atoms with E-state index in [2.05, 4.69) is 15.4 Å². The second-order valence-corrected chi connectivity index (χ2v) is 6.26. The van der Waals surface area contributed by atoms with Crippen LogP contribution in [-0.4, -0.2) is 43.5 Å². The summed E-state index contributed by atoms with van der Waals surface area (Å²) in [7, 11) is 1.23. The highest BCUT2D eigenvalue weighted by atomic mass is 16.5. The number of para-hydroxylation sites is 1. The van der Waals surface area contributed by atoms with Crippen molar-refractivity contribution in [2.45, 2.75) is 19.9 Å². The normalized spacial score (nSPS) is 11.1. The van der Waals surface area contributed by atoms with Gasteiger partial charge in [0.2, 0.25) is 0 Å². The molecule has 0 aliphatic heterocycles. The molecule has 0 aliphatic carbocycles. The van der Waals surface area contributed by atoms with Crippen molar-refractivity contribution in [1.29, 1.82) is 0 Å². The van der Waals surface area contributed by atoms with Crippen LogP contribution in [0.3, 0.4) is 0 Å². The first-order chi connectivity index (χ1) is 13.8. The first-order valence-electron chi connectivity index (χ1n) is 8.83. The van der Waals surface area contributed by atoms with Crippen molar-refractivity contribution in [3.63, 3.8) is 0 Å². The molecule has 0 aromatic heterocycles. The number of aryl methyl sites for hydroxylation is 1. The molecule has 2 N–H and O–H groups in total. The Balaban J connectivity index is 1.88. The number of amides is 2. The van der Waals surface area contributed by atoms with Gasteiger partial charge in [-0.3, -0.25) is 9.59 Å². The number of rotatable bonds is 7. The van der Waals surface area contributed by atoms with Crippen LogP contribution in [0, 0.1) is 6.92 Å². The highest BCUT2D eigenvalue weighted by Gasteiger charge is 2.20. The maximum absolute atomic E-state index is 12.2. The molecule has 0 saturated carbocycles. The average Bonchev–Trinajstić information content (AvgIpc) is 2.71. The van der Waals surface area contributed by atoms with E-state index >= 15 is 0 Å². The van der Waals surface area contributed by atoms with E-state index < -0.39 is 36.4 Å². The van der Waals surface area contributed by atoms with Crippen LogP contribution in [0.15, 0.2) is 48.5 Å². The van der Waals surface area contributed by atoms with Gasteiger partial charge < -0.3 is 20.1 Å². The summed E-state index contributed by atoms with van der Waals surface area (Å²) in [5.41, 5.74) is 1.74. The van der Waals surface area contributed by atoms with E-state index in [4.69, 9.17) is 4.74 Å². The summed E-state index contributed by atoms with van der Waals surface area (Å²) in [6, 6.07) is 12.3. The number of carbonyl (C=O) groups is 4. The number of carbonyl (C=O) groups excluding carboxylic acids is 4. The highest BCUT2D eigenvalue weighted by molar-refractivity contribution is 6.02. The first kappa shape index (κ1) is 21.6. The Morgan fingerprint density at radius 3 is 2.45 bits per heavy atom. The predicted molar refractivity (Wildman–Crippen MR) is 105 cm³/mol. The average molecular weight is 398 g/mol. The van der Waals surface area contributed by atoms with E-state index in [1.807, 2.05) is 13.0 Å². The van der Waals surface area contributed by atoms with Crippen LogP contribution in [0.5, 0.6) is 0 Å². The fourth-order valence-electron chi connectivity index (χ4n) is 2.45. The largest absolute Gasteiger partial charge is 0.465 e. The van der Waals surface area contributed by atoms with Gasteiger partial charge in [0.05, 0.1) is 18.4 Å². The molecule has 29 heavy (non-hydrogen) atoms. The number of anilines is 1. The zero-order valence-corrected chi connectivity index (χ0v) is 16.4. The molecule has 2 rings (SSSR count). The van der Waals surface area contributed by atoms with Gasteiger partial charge in [0, 0.05) is 5.56 Å². The molecule has 0 radical (unpaired) electrons. The number of hydrogen-bond acceptors (Lipinski definition) is 6. The van der Waals surface area contributed by atoms with E-state index in [1.165, 1.54) is 26.2 Å². The fraction of sp³-hybridized carbons (Fsp3) is 0.238. The zero-order chi connectivity index (χ0) is 21.4. The summed E-state index contributed by atoms with van der Waals surface area (Å²) in [5, 5.41) is 5.01. The lowest BCUT2D eigenvalue weighted by atomic mass is 10.1. The van der Waals surface area contributed by atoms with Crippen molar-refractivity contribution in [2.24, 2.45) is 0 Å². The van der Waals surface area contributed by atoms with Crippen LogP contribution in [0.2, 0.25) is 0 Å². The lowest BCUT2D eigenvalue weighted by Crippen LogP contribution is -2.40. The maximum Gasteiger partial charge on any atom is 0.339 e. The Bertz CT molecular complexity index is 925. The van der Waals surface area contributed by atoms with Gasteiger partial charge in [0.15, 0.2) is 6.61 Å². The molecular weight excluding hydrogens is 376 g/mol. The quantitative estimate of drug-likeness (QED) is 0.691. The molecule has 0 bridgehead atoms. The molecule has 2 amide bonds. The third kappa shape index (κ3) is 6.17. The molecular formula is C21H22N2O6. The number of nitrogens with one attached hydrogen (secondary N) is 2. The Hall–Kier alpha value is -3.68. The minimum absolute atomic E-state index is 0.175. The van der Waals surface area contributed by atoms with Gasteiger partial charge in [-0.15, -0.1) is 0 Å². The molecule has 2 aromatic rings. The minimum Gasteiger partial charge on any atom is -0.465 e. The smallest absolute Gasteiger partial charge is 0.339 e. The SMILES string of the molecule is COC(=O)c1ccccc1NC(=O)COC(=O)[C@H](C)NC(=O)c1cccc(C)c1. The molecule has 8 nitrogen and oxygen atoms in total.